The van der Waals surface area contributed by atoms with E-state index < -0.39 is 0 Å². The predicted octanol–water partition coefficient (Wildman–Crippen LogP) is 3.55. The molecule has 0 bridgehead atoms. The Kier molecular flexibility index (Phi) is 4.34. The van der Waals surface area contributed by atoms with E-state index in [9.17, 15) is 4.79 Å². The number of hydrogen-bond donors (Lipinski definition) is 1. The normalized spacial score (nSPS) is 10.8. The maximum atomic E-state index is 12.0. The highest BCUT2D eigenvalue weighted by Crippen LogP contribution is 2.10. The van der Waals surface area contributed by atoms with Gasteiger partial charge in [0.25, 0.3) is 5.91 Å². The van der Waals surface area contributed by atoms with Gasteiger partial charge < -0.3 is 4.57 Å². The molecular weight excluding hydrogens is 286 g/mol. The molecule has 23 heavy (non-hydrogen) atoms. The number of benzene rings is 2. The van der Waals surface area contributed by atoms with Gasteiger partial charge in [0.1, 0.15) is 0 Å². The van der Waals surface area contributed by atoms with E-state index in [1.54, 1.807) is 18.3 Å². The van der Waals surface area contributed by atoms with Crippen molar-refractivity contribution in [2.75, 3.05) is 0 Å². The molecule has 0 saturated carbocycles. The first-order chi connectivity index (χ1) is 11.2. The van der Waals surface area contributed by atoms with E-state index in [1.807, 2.05) is 72.3 Å². The van der Waals surface area contributed by atoms with E-state index in [-0.39, 0.29) is 5.91 Å². The van der Waals surface area contributed by atoms with Gasteiger partial charge in [-0.2, -0.15) is 5.10 Å². The summed E-state index contributed by atoms with van der Waals surface area (Å²) in [5, 5.41) is 4.05. The van der Waals surface area contributed by atoms with Gasteiger partial charge in [0.05, 0.1) is 11.9 Å². The Hall–Kier alpha value is -3.14. The van der Waals surface area contributed by atoms with Crippen molar-refractivity contribution in [3.8, 4) is 5.69 Å². The predicted molar refractivity (Wildman–Crippen MR) is 92.0 cm³/mol. The van der Waals surface area contributed by atoms with Crippen molar-refractivity contribution >= 4 is 12.1 Å². The van der Waals surface area contributed by atoms with Gasteiger partial charge in [0.2, 0.25) is 0 Å². The number of para-hydroxylation sites is 1. The third-order valence-corrected chi connectivity index (χ3v) is 3.49. The number of carbonyl (C=O) groups is 1. The Morgan fingerprint density at radius 2 is 1.74 bits per heavy atom. The number of hydrazone groups is 1. The second kappa shape index (κ2) is 6.75. The van der Waals surface area contributed by atoms with Crippen LogP contribution in [0.4, 0.5) is 0 Å². The minimum Gasteiger partial charge on any atom is -0.316 e. The van der Waals surface area contributed by atoms with Crippen LogP contribution in [0.5, 0.6) is 0 Å². The summed E-state index contributed by atoms with van der Waals surface area (Å²) in [4.78, 5) is 12.0. The monoisotopic (exact) mass is 303 g/mol. The summed E-state index contributed by atoms with van der Waals surface area (Å²) >= 11 is 0. The lowest BCUT2D eigenvalue weighted by Crippen LogP contribution is -2.17. The summed E-state index contributed by atoms with van der Waals surface area (Å²) in [6, 6.07) is 21.2. The molecule has 0 aliphatic heterocycles. The number of nitrogens with zero attached hydrogens (tertiary/aromatic N) is 2. The van der Waals surface area contributed by atoms with Crippen LogP contribution in [-0.2, 0) is 0 Å². The molecule has 4 heteroatoms. The molecule has 1 aromatic heterocycles. The van der Waals surface area contributed by atoms with E-state index in [1.165, 1.54) is 0 Å². The lowest BCUT2D eigenvalue weighted by atomic mass is 10.1. The second-order valence-electron chi connectivity index (χ2n) is 5.20. The number of carbonyl (C=O) groups excluding carboxylic acids is 1. The minimum atomic E-state index is -0.223. The zero-order valence-electron chi connectivity index (χ0n) is 12.8. The molecule has 114 valence electrons. The van der Waals surface area contributed by atoms with Crippen LogP contribution in [0.15, 0.2) is 78.0 Å². The molecule has 1 amide bonds. The molecule has 0 saturated heterocycles. The standard InChI is InChI=1S/C19H17N3O/c1-15-9-11-16(12-10-15)19(23)21-20-14-18-8-5-13-22(18)17-6-3-2-4-7-17/h2-14H,1H3,(H,21,23)/b20-14-. The number of amides is 1. The molecule has 3 aromatic rings. The zero-order valence-corrected chi connectivity index (χ0v) is 12.8. The average Bonchev–Trinajstić information content (AvgIpc) is 3.05. The first-order valence-corrected chi connectivity index (χ1v) is 7.37. The largest absolute Gasteiger partial charge is 0.316 e. The number of rotatable bonds is 4. The van der Waals surface area contributed by atoms with Crippen molar-refractivity contribution in [2.24, 2.45) is 5.10 Å². The molecule has 3 rings (SSSR count). The smallest absolute Gasteiger partial charge is 0.271 e. The molecule has 0 unspecified atom stereocenters. The van der Waals surface area contributed by atoms with Gasteiger partial charge in [0.15, 0.2) is 0 Å². The van der Waals surface area contributed by atoms with Crippen LogP contribution in [0, 0.1) is 6.92 Å². The maximum absolute atomic E-state index is 12.0. The molecule has 0 atom stereocenters. The third kappa shape index (κ3) is 3.55. The summed E-state index contributed by atoms with van der Waals surface area (Å²) < 4.78 is 2.00. The fourth-order valence-electron chi connectivity index (χ4n) is 2.25. The molecular formula is C19H17N3O. The van der Waals surface area contributed by atoms with Gasteiger partial charge in [-0.05, 0) is 43.3 Å². The number of nitrogens with one attached hydrogen (secondary N) is 1. The van der Waals surface area contributed by atoms with Crippen LogP contribution in [-0.4, -0.2) is 16.7 Å². The fourth-order valence-corrected chi connectivity index (χ4v) is 2.25. The van der Waals surface area contributed by atoms with Crippen LogP contribution in [0.2, 0.25) is 0 Å². The Balaban J connectivity index is 1.71. The first-order valence-electron chi connectivity index (χ1n) is 7.37. The van der Waals surface area contributed by atoms with Gasteiger partial charge >= 0.3 is 0 Å². The van der Waals surface area contributed by atoms with Gasteiger partial charge in [-0.25, -0.2) is 5.43 Å². The molecule has 0 fully saturated rings. The Morgan fingerprint density at radius 3 is 2.48 bits per heavy atom. The summed E-state index contributed by atoms with van der Waals surface area (Å²) in [6.45, 7) is 1.98. The molecule has 2 aromatic carbocycles. The van der Waals surface area contributed by atoms with Gasteiger partial charge in [-0.1, -0.05) is 35.9 Å². The summed E-state index contributed by atoms with van der Waals surface area (Å²) in [7, 11) is 0. The quantitative estimate of drug-likeness (QED) is 0.581. The van der Waals surface area contributed by atoms with Crippen molar-refractivity contribution in [3.05, 3.63) is 89.7 Å². The highest BCUT2D eigenvalue weighted by molar-refractivity contribution is 5.94. The molecule has 0 spiro atoms. The van der Waals surface area contributed by atoms with Crippen LogP contribution >= 0.6 is 0 Å². The van der Waals surface area contributed by atoms with Crippen LogP contribution in [0.1, 0.15) is 21.6 Å². The lowest BCUT2D eigenvalue weighted by molar-refractivity contribution is 0.0955. The van der Waals surface area contributed by atoms with Crippen molar-refractivity contribution < 1.29 is 4.79 Å². The maximum Gasteiger partial charge on any atom is 0.271 e. The topological polar surface area (TPSA) is 46.4 Å². The summed E-state index contributed by atoms with van der Waals surface area (Å²) in [5.74, 6) is -0.223. The van der Waals surface area contributed by atoms with Gasteiger partial charge in [0, 0.05) is 17.4 Å². The van der Waals surface area contributed by atoms with Gasteiger partial charge in [-0.15, -0.1) is 0 Å². The average molecular weight is 303 g/mol. The number of aromatic nitrogens is 1. The van der Waals surface area contributed by atoms with E-state index in [4.69, 9.17) is 0 Å². The number of hydrogen-bond acceptors (Lipinski definition) is 2. The molecule has 0 aliphatic carbocycles. The van der Waals surface area contributed by atoms with E-state index in [2.05, 4.69) is 10.5 Å². The molecule has 4 nitrogen and oxygen atoms in total. The minimum absolute atomic E-state index is 0.223. The van der Waals surface area contributed by atoms with Crippen molar-refractivity contribution in [1.29, 1.82) is 0 Å². The van der Waals surface area contributed by atoms with E-state index >= 15 is 0 Å². The number of aryl methyl sites for hydroxylation is 1. The Bertz CT molecular complexity index is 817. The Labute approximate surface area is 135 Å². The second-order valence-corrected chi connectivity index (χ2v) is 5.20. The van der Waals surface area contributed by atoms with Crippen molar-refractivity contribution in [1.82, 2.24) is 9.99 Å². The zero-order chi connectivity index (χ0) is 16.1. The van der Waals surface area contributed by atoms with Crippen LogP contribution < -0.4 is 5.43 Å². The summed E-state index contributed by atoms with van der Waals surface area (Å²) in [5.41, 5.74) is 6.19. The van der Waals surface area contributed by atoms with E-state index in [0.717, 1.165) is 16.9 Å². The van der Waals surface area contributed by atoms with Crippen molar-refractivity contribution in [2.45, 2.75) is 6.92 Å². The van der Waals surface area contributed by atoms with Crippen LogP contribution in [0.25, 0.3) is 5.69 Å². The Morgan fingerprint density at radius 1 is 1.00 bits per heavy atom. The third-order valence-electron chi connectivity index (χ3n) is 3.49. The van der Waals surface area contributed by atoms with Gasteiger partial charge in [-0.3, -0.25) is 4.79 Å². The molecule has 1 heterocycles. The highest BCUT2D eigenvalue weighted by Gasteiger charge is 2.04. The SMILES string of the molecule is Cc1ccc(C(=O)N/N=C\c2cccn2-c2ccccc2)cc1. The van der Waals surface area contributed by atoms with Crippen molar-refractivity contribution in [3.63, 3.8) is 0 Å². The molecule has 0 radical (unpaired) electrons. The molecule has 0 aliphatic rings. The van der Waals surface area contributed by atoms with E-state index in [0.29, 0.717) is 5.56 Å². The lowest BCUT2D eigenvalue weighted by Gasteiger charge is -2.05. The summed E-state index contributed by atoms with van der Waals surface area (Å²) in [6.07, 6.45) is 3.59. The first kappa shape index (κ1) is 14.8. The highest BCUT2D eigenvalue weighted by atomic mass is 16.2. The van der Waals surface area contributed by atoms with Crippen LogP contribution in [0.3, 0.4) is 0 Å². The fraction of sp³-hybridized carbons (Fsp3) is 0.0526. The molecule has 1 N–H and O–H groups in total.